The Labute approximate surface area is 173 Å². The summed E-state index contributed by atoms with van der Waals surface area (Å²) >= 11 is 0. The summed E-state index contributed by atoms with van der Waals surface area (Å²) in [7, 11) is 1.45. The lowest BCUT2D eigenvalue weighted by Crippen LogP contribution is -2.27. The molecule has 0 aliphatic heterocycles. The zero-order chi connectivity index (χ0) is 21.5. The zero-order valence-electron chi connectivity index (χ0n) is 16.6. The van der Waals surface area contributed by atoms with Crippen molar-refractivity contribution in [3.8, 4) is 28.7 Å². The van der Waals surface area contributed by atoms with E-state index in [1.807, 2.05) is 0 Å². The number of aromatic hydroxyl groups is 2. The molecule has 3 rings (SSSR count). The highest BCUT2D eigenvalue weighted by Crippen LogP contribution is 2.32. The molecule has 1 aliphatic carbocycles. The summed E-state index contributed by atoms with van der Waals surface area (Å²) in [5.74, 6) is 0.505. The molecule has 0 bridgehead atoms. The van der Waals surface area contributed by atoms with E-state index in [2.05, 4.69) is 0 Å². The third-order valence-electron chi connectivity index (χ3n) is 5.13. The molecular weight excluding hydrogens is 392 g/mol. The molecule has 0 unspecified atom stereocenters. The van der Waals surface area contributed by atoms with Gasteiger partial charge in [0.1, 0.15) is 11.5 Å². The second kappa shape index (κ2) is 9.98. The van der Waals surface area contributed by atoms with Crippen LogP contribution in [0.5, 0.6) is 28.7 Å². The Kier molecular flexibility index (Phi) is 7.13. The minimum Gasteiger partial charge on any atom is -0.507 e. The number of hydrogen-bond acceptors (Lipinski definition) is 8. The third kappa shape index (κ3) is 5.42. The van der Waals surface area contributed by atoms with Gasteiger partial charge in [-0.15, -0.1) is 0 Å². The lowest BCUT2D eigenvalue weighted by Gasteiger charge is -2.26. The first-order chi connectivity index (χ1) is 14.5. The molecule has 2 aromatic carbocycles. The van der Waals surface area contributed by atoms with Crippen LogP contribution in [0.1, 0.15) is 36.0 Å². The molecule has 0 amide bonds. The van der Waals surface area contributed by atoms with Gasteiger partial charge in [-0.3, -0.25) is 9.59 Å². The van der Waals surface area contributed by atoms with Crippen molar-refractivity contribution in [1.82, 2.24) is 0 Å². The first kappa shape index (κ1) is 21.4. The van der Waals surface area contributed by atoms with Crippen molar-refractivity contribution in [2.45, 2.75) is 25.7 Å². The van der Waals surface area contributed by atoms with Crippen LogP contribution in [-0.4, -0.2) is 36.2 Å². The van der Waals surface area contributed by atoms with E-state index >= 15 is 0 Å². The predicted molar refractivity (Wildman–Crippen MR) is 106 cm³/mol. The van der Waals surface area contributed by atoms with E-state index in [4.69, 9.17) is 19.2 Å². The van der Waals surface area contributed by atoms with E-state index in [1.165, 1.54) is 37.4 Å². The average molecular weight is 416 g/mol. The zero-order valence-corrected chi connectivity index (χ0v) is 16.6. The Morgan fingerprint density at radius 3 is 2.43 bits per heavy atom. The van der Waals surface area contributed by atoms with E-state index in [1.54, 1.807) is 6.07 Å². The SMILES string of the molecule is COc1cc(OOCC2CCC(C(=O)Oc3ccc(O)c(C=O)c3)CC2)ccc1O. The summed E-state index contributed by atoms with van der Waals surface area (Å²) in [6.45, 7) is 0.381. The van der Waals surface area contributed by atoms with Crippen LogP contribution in [0.2, 0.25) is 0 Å². The van der Waals surface area contributed by atoms with Crippen LogP contribution in [-0.2, 0) is 9.68 Å². The van der Waals surface area contributed by atoms with Crippen molar-refractivity contribution in [2.24, 2.45) is 11.8 Å². The smallest absolute Gasteiger partial charge is 0.314 e. The van der Waals surface area contributed by atoms with Crippen molar-refractivity contribution in [3.63, 3.8) is 0 Å². The fraction of sp³-hybridized carbons (Fsp3) is 0.364. The van der Waals surface area contributed by atoms with Crippen LogP contribution in [0, 0.1) is 11.8 Å². The van der Waals surface area contributed by atoms with Crippen LogP contribution in [0.3, 0.4) is 0 Å². The number of esters is 1. The average Bonchev–Trinajstić information content (AvgIpc) is 2.76. The summed E-state index contributed by atoms with van der Waals surface area (Å²) in [4.78, 5) is 33.8. The van der Waals surface area contributed by atoms with E-state index in [-0.39, 0.29) is 40.6 Å². The lowest BCUT2D eigenvalue weighted by atomic mass is 9.82. The number of methoxy groups -OCH3 is 1. The van der Waals surface area contributed by atoms with Crippen molar-refractivity contribution in [2.75, 3.05) is 13.7 Å². The van der Waals surface area contributed by atoms with Gasteiger partial charge in [-0.1, -0.05) is 0 Å². The number of aldehydes is 1. The van der Waals surface area contributed by atoms with E-state index < -0.39 is 0 Å². The molecule has 0 heterocycles. The highest BCUT2D eigenvalue weighted by atomic mass is 17.2. The molecule has 2 N–H and O–H groups in total. The number of phenolic OH excluding ortho intramolecular Hbond substituents is 2. The summed E-state index contributed by atoms with van der Waals surface area (Å²) in [6.07, 6.45) is 3.42. The Balaban J connectivity index is 1.42. The fourth-order valence-corrected chi connectivity index (χ4v) is 3.36. The molecule has 0 saturated heterocycles. The number of hydrogen-bond donors (Lipinski definition) is 2. The molecule has 0 radical (unpaired) electrons. The molecular formula is C22H24O8. The maximum atomic E-state index is 12.4. The standard InChI is InChI=1S/C22H24O8/c1-27-21-11-18(7-9-20(21)25)30-28-13-14-2-4-15(5-3-14)22(26)29-17-6-8-19(24)16(10-17)12-23/h6-12,14-15,24-25H,2-5,13H2,1H3. The summed E-state index contributed by atoms with van der Waals surface area (Å²) in [5.41, 5.74) is 0.0763. The lowest BCUT2D eigenvalue weighted by molar-refractivity contribution is -0.218. The first-order valence-corrected chi connectivity index (χ1v) is 9.66. The van der Waals surface area contributed by atoms with Crippen LogP contribution >= 0.6 is 0 Å². The maximum Gasteiger partial charge on any atom is 0.314 e. The predicted octanol–water partition coefficient (Wildman–Crippen LogP) is 3.64. The Morgan fingerprint density at radius 2 is 1.73 bits per heavy atom. The van der Waals surface area contributed by atoms with E-state index in [9.17, 15) is 19.8 Å². The second-order valence-corrected chi connectivity index (χ2v) is 7.18. The number of carbonyl (C=O) groups excluding carboxylic acids is 2. The Bertz CT molecular complexity index is 887. The molecule has 1 aliphatic rings. The monoisotopic (exact) mass is 416 g/mol. The van der Waals surface area contributed by atoms with Crippen LogP contribution in [0.25, 0.3) is 0 Å². The largest absolute Gasteiger partial charge is 0.507 e. The minimum atomic E-state index is -0.343. The van der Waals surface area contributed by atoms with Gasteiger partial charge in [0.15, 0.2) is 23.5 Å². The number of carbonyl (C=O) groups is 2. The van der Waals surface area contributed by atoms with E-state index in [0.29, 0.717) is 37.2 Å². The number of phenols is 2. The first-order valence-electron chi connectivity index (χ1n) is 9.66. The molecule has 30 heavy (non-hydrogen) atoms. The minimum absolute atomic E-state index is 0.0183. The van der Waals surface area contributed by atoms with Gasteiger partial charge in [-0.05, 0) is 61.9 Å². The van der Waals surface area contributed by atoms with Gasteiger partial charge in [-0.2, -0.15) is 4.89 Å². The molecule has 160 valence electrons. The van der Waals surface area contributed by atoms with Crippen LogP contribution in [0.4, 0.5) is 0 Å². The number of benzene rings is 2. The summed E-state index contributed by atoms with van der Waals surface area (Å²) in [6, 6.07) is 8.68. The molecule has 8 heteroatoms. The van der Waals surface area contributed by atoms with Gasteiger partial charge >= 0.3 is 5.97 Å². The molecule has 0 aromatic heterocycles. The Hall–Kier alpha value is -3.26. The molecule has 0 spiro atoms. The molecule has 1 saturated carbocycles. The van der Waals surface area contributed by atoms with E-state index in [0.717, 1.165) is 12.8 Å². The van der Waals surface area contributed by atoms with Gasteiger partial charge in [0.2, 0.25) is 0 Å². The highest BCUT2D eigenvalue weighted by Gasteiger charge is 2.28. The maximum absolute atomic E-state index is 12.4. The van der Waals surface area contributed by atoms with Crippen LogP contribution in [0.15, 0.2) is 36.4 Å². The fourth-order valence-electron chi connectivity index (χ4n) is 3.36. The highest BCUT2D eigenvalue weighted by molar-refractivity contribution is 5.81. The number of ether oxygens (including phenoxy) is 2. The van der Waals surface area contributed by atoms with Gasteiger partial charge in [-0.25, -0.2) is 0 Å². The summed E-state index contributed by atoms with van der Waals surface area (Å²) < 4.78 is 10.4. The van der Waals surface area contributed by atoms with Crippen LogP contribution < -0.4 is 14.4 Å². The van der Waals surface area contributed by atoms with Crippen molar-refractivity contribution in [3.05, 3.63) is 42.0 Å². The van der Waals surface area contributed by atoms with Crippen molar-refractivity contribution >= 4 is 12.3 Å². The topological polar surface area (TPSA) is 112 Å². The van der Waals surface area contributed by atoms with Gasteiger partial charge in [0.05, 0.1) is 25.2 Å². The van der Waals surface area contributed by atoms with Gasteiger partial charge in [0, 0.05) is 6.07 Å². The quantitative estimate of drug-likeness (QED) is 0.221. The second-order valence-electron chi connectivity index (χ2n) is 7.18. The van der Waals surface area contributed by atoms with Crippen molar-refractivity contribution in [1.29, 1.82) is 0 Å². The Morgan fingerprint density at radius 1 is 1.03 bits per heavy atom. The normalized spacial score (nSPS) is 18.4. The molecule has 1 fully saturated rings. The summed E-state index contributed by atoms with van der Waals surface area (Å²) in [5, 5.41) is 19.1. The van der Waals surface area contributed by atoms with Gasteiger partial charge < -0.3 is 24.6 Å². The molecule has 2 aromatic rings. The molecule has 8 nitrogen and oxygen atoms in total. The number of rotatable bonds is 8. The van der Waals surface area contributed by atoms with Gasteiger partial charge in [0.25, 0.3) is 0 Å². The molecule has 0 atom stereocenters. The third-order valence-corrected chi connectivity index (χ3v) is 5.13. The van der Waals surface area contributed by atoms with Crippen molar-refractivity contribution < 1.29 is 39.1 Å².